The average molecular weight is 412 g/mol. The lowest BCUT2D eigenvalue weighted by molar-refractivity contribution is -0.115. The van der Waals surface area contributed by atoms with Crippen molar-refractivity contribution in [2.24, 2.45) is 0 Å². The van der Waals surface area contributed by atoms with Gasteiger partial charge in [0.1, 0.15) is 10.9 Å². The molecule has 0 spiro atoms. The van der Waals surface area contributed by atoms with E-state index >= 15 is 0 Å². The molecule has 0 saturated carbocycles. The molecule has 1 amide bonds. The molecule has 144 valence electrons. The van der Waals surface area contributed by atoms with E-state index in [4.69, 9.17) is 21.7 Å². The minimum Gasteiger partial charge on any atom is -0.490 e. The van der Waals surface area contributed by atoms with Gasteiger partial charge in [0.2, 0.25) is 0 Å². The van der Waals surface area contributed by atoms with Crippen molar-refractivity contribution in [1.29, 1.82) is 0 Å². The van der Waals surface area contributed by atoms with E-state index in [2.05, 4.69) is 11.9 Å². The summed E-state index contributed by atoms with van der Waals surface area (Å²) in [6.45, 7) is 6.73. The van der Waals surface area contributed by atoms with E-state index in [9.17, 15) is 4.79 Å². The Labute approximate surface area is 174 Å². The number of amides is 1. The average Bonchev–Trinajstić information content (AvgIpc) is 2.99. The molecule has 1 aliphatic heterocycles. The van der Waals surface area contributed by atoms with E-state index in [1.165, 1.54) is 11.8 Å². The molecule has 28 heavy (non-hydrogen) atoms. The molecule has 1 saturated heterocycles. The lowest BCUT2D eigenvalue weighted by Gasteiger charge is -2.17. The summed E-state index contributed by atoms with van der Waals surface area (Å²) < 4.78 is 12.4. The zero-order valence-electron chi connectivity index (χ0n) is 15.6. The first-order valence-electron chi connectivity index (χ1n) is 8.93. The topological polar surface area (TPSA) is 47.6 Å². The molecule has 0 atom stereocenters. The summed E-state index contributed by atoms with van der Waals surface area (Å²) in [7, 11) is 0. The second kappa shape index (κ2) is 9.57. The summed E-state index contributed by atoms with van der Waals surface area (Å²) in [6, 6.07) is 13.9. The third kappa shape index (κ3) is 5.03. The van der Waals surface area contributed by atoms with Gasteiger partial charge in [0.15, 0.2) is 11.5 Å². The molecule has 1 heterocycles. The van der Waals surface area contributed by atoms with Crippen LogP contribution in [0.5, 0.6) is 11.5 Å². The molecule has 0 bridgehead atoms. The molecular weight excluding hydrogens is 390 g/mol. The second-order valence-corrected chi connectivity index (χ2v) is 7.78. The normalized spacial score (nSPS) is 14.8. The molecule has 4 nitrogen and oxygen atoms in total. The van der Waals surface area contributed by atoms with E-state index in [1.807, 2.05) is 61.5 Å². The largest absolute Gasteiger partial charge is 0.490 e. The SMILES string of the molecule is C=CCc1cc(/C=C2/SC(=S)NC2=O)cc(OCC)c1OCc1ccccc1. The van der Waals surface area contributed by atoms with Gasteiger partial charge in [0.05, 0.1) is 11.5 Å². The van der Waals surface area contributed by atoms with E-state index in [-0.39, 0.29) is 5.91 Å². The number of hydrogen-bond donors (Lipinski definition) is 1. The first-order chi connectivity index (χ1) is 13.6. The van der Waals surface area contributed by atoms with E-state index in [1.54, 1.807) is 0 Å². The number of ether oxygens (including phenoxy) is 2. The molecule has 0 aromatic heterocycles. The Balaban J connectivity index is 1.95. The maximum Gasteiger partial charge on any atom is 0.263 e. The van der Waals surface area contributed by atoms with Gasteiger partial charge in [-0.3, -0.25) is 4.79 Å². The van der Waals surface area contributed by atoms with Crippen molar-refractivity contribution in [2.45, 2.75) is 20.0 Å². The number of thiocarbonyl (C=S) groups is 1. The fourth-order valence-electron chi connectivity index (χ4n) is 2.80. The Kier molecular flexibility index (Phi) is 6.90. The second-order valence-electron chi connectivity index (χ2n) is 6.06. The molecule has 0 unspecified atom stereocenters. The van der Waals surface area contributed by atoms with Gasteiger partial charge in [0.25, 0.3) is 5.91 Å². The molecule has 6 heteroatoms. The zero-order chi connectivity index (χ0) is 19.9. The molecular formula is C22H21NO3S2. The van der Waals surface area contributed by atoms with Crippen molar-refractivity contribution in [3.05, 3.63) is 76.7 Å². The van der Waals surface area contributed by atoms with Crippen molar-refractivity contribution in [1.82, 2.24) is 5.32 Å². The van der Waals surface area contributed by atoms with Crippen LogP contribution in [0.2, 0.25) is 0 Å². The van der Waals surface area contributed by atoms with Crippen molar-refractivity contribution in [3.8, 4) is 11.5 Å². The Morgan fingerprint density at radius 3 is 2.64 bits per heavy atom. The lowest BCUT2D eigenvalue weighted by atomic mass is 10.0. The molecule has 2 aromatic rings. The van der Waals surface area contributed by atoms with Gasteiger partial charge in [-0.25, -0.2) is 0 Å². The van der Waals surface area contributed by atoms with Crippen LogP contribution in [0.15, 0.2) is 60.0 Å². The molecule has 3 rings (SSSR count). The summed E-state index contributed by atoms with van der Waals surface area (Å²) in [5.74, 6) is 1.17. The highest BCUT2D eigenvalue weighted by atomic mass is 32.2. The van der Waals surface area contributed by atoms with Crippen LogP contribution in [0.25, 0.3) is 6.08 Å². The lowest BCUT2D eigenvalue weighted by Crippen LogP contribution is -2.17. The van der Waals surface area contributed by atoms with Crippen LogP contribution in [0.3, 0.4) is 0 Å². The van der Waals surface area contributed by atoms with Crippen LogP contribution in [0, 0.1) is 0 Å². The van der Waals surface area contributed by atoms with Gasteiger partial charge in [-0.15, -0.1) is 6.58 Å². The quantitative estimate of drug-likeness (QED) is 0.381. The Morgan fingerprint density at radius 1 is 1.21 bits per heavy atom. The van der Waals surface area contributed by atoms with Gasteiger partial charge in [-0.05, 0) is 42.7 Å². The monoisotopic (exact) mass is 411 g/mol. The maximum absolute atomic E-state index is 12.0. The van der Waals surface area contributed by atoms with Crippen LogP contribution in [0.1, 0.15) is 23.6 Å². The highest BCUT2D eigenvalue weighted by Crippen LogP contribution is 2.36. The van der Waals surface area contributed by atoms with Gasteiger partial charge >= 0.3 is 0 Å². The van der Waals surface area contributed by atoms with Crippen LogP contribution < -0.4 is 14.8 Å². The third-order valence-electron chi connectivity index (χ3n) is 3.98. The van der Waals surface area contributed by atoms with Crippen molar-refractivity contribution >= 4 is 40.3 Å². The maximum atomic E-state index is 12.0. The standard InChI is InChI=1S/C22H21NO3S2/c1-3-8-17-11-16(13-19-21(24)23-22(27)28-19)12-18(25-4-2)20(17)26-14-15-9-6-5-7-10-15/h3,5-7,9-13H,1,4,8,14H2,2H3,(H,23,24,27)/b19-13+. The molecule has 0 radical (unpaired) electrons. The number of rotatable bonds is 8. The fraction of sp³-hybridized carbons (Fsp3) is 0.182. The number of allylic oxidation sites excluding steroid dienone is 1. The Hall–Kier alpha value is -2.57. The fourth-order valence-corrected chi connectivity index (χ4v) is 3.85. The number of thioether (sulfide) groups is 1. The predicted octanol–water partition coefficient (Wildman–Crippen LogP) is 4.88. The van der Waals surface area contributed by atoms with Crippen LogP contribution in [0.4, 0.5) is 0 Å². The Bertz CT molecular complexity index is 923. The Morgan fingerprint density at radius 2 is 2.00 bits per heavy atom. The van der Waals surface area contributed by atoms with E-state index in [0.717, 1.165) is 16.7 Å². The molecule has 1 aliphatic rings. The van der Waals surface area contributed by atoms with Gasteiger partial charge < -0.3 is 14.8 Å². The number of benzene rings is 2. The summed E-state index contributed by atoms with van der Waals surface area (Å²) in [5, 5.41) is 2.63. The van der Waals surface area contributed by atoms with Crippen LogP contribution in [-0.2, 0) is 17.8 Å². The summed E-state index contributed by atoms with van der Waals surface area (Å²) in [4.78, 5) is 12.5. The highest BCUT2D eigenvalue weighted by Gasteiger charge is 2.22. The van der Waals surface area contributed by atoms with Crippen molar-refractivity contribution in [2.75, 3.05) is 6.61 Å². The van der Waals surface area contributed by atoms with Crippen LogP contribution in [-0.4, -0.2) is 16.8 Å². The third-order valence-corrected chi connectivity index (χ3v) is 5.15. The van der Waals surface area contributed by atoms with Gasteiger partial charge in [-0.1, -0.05) is 60.4 Å². The predicted molar refractivity (Wildman–Crippen MR) is 119 cm³/mol. The minimum absolute atomic E-state index is 0.178. The number of nitrogens with one attached hydrogen (secondary N) is 1. The summed E-state index contributed by atoms with van der Waals surface area (Å²) in [5.41, 5.74) is 2.89. The zero-order valence-corrected chi connectivity index (χ0v) is 17.2. The smallest absolute Gasteiger partial charge is 0.263 e. The molecule has 0 aliphatic carbocycles. The number of carbonyl (C=O) groups is 1. The van der Waals surface area contributed by atoms with E-state index in [0.29, 0.717) is 40.4 Å². The minimum atomic E-state index is -0.178. The first-order valence-corrected chi connectivity index (χ1v) is 10.2. The summed E-state index contributed by atoms with van der Waals surface area (Å²) >= 11 is 6.32. The van der Waals surface area contributed by atoms with Crippen molar-refractivity contribution < 1.29 is 14.3 Å². The first kappa shape index (κ1) is 20.2. The van der Waals surface area contributed by atoms with Gasteiger partial charge in [-0.2, -0.15) is 0 Å². The molecule has 1 fully saturated rings. The number of carbonyl (C=O) groups excluding carboxylic acids is 1. The highest BCUT2D eigenvalue weighted by molar-refractivity contribution is 8.26. The van der Waals surface area contributed by atoms with E-state index < -0.39 is 0 Å². The molecule has 1 N–H and O–H groups in total. The van der Waals surface area contributed by atoms with Crippen molar-refractivity contribution in [3.63, 3.8) is 0 Å². The van der Waals surface area contributed by atoms with Crippen LogP contribution >= 0.6 is 24.0 Å². The number of hydrogen-bond acceptors (Lipinski definition) is 5. The summed E-state index contributed by atoms with van der Waals surface area (Å²) in [6.07, 6.45) is 4.26. The molecule has 2 aromatic carbocycles. The van der Waals surface area contributed by atoms with Gasteiger partial charge in [0, 0.05) is 5.56 Å².